The molecule has 3 aliphatic carbocycles. The van der Waals surface area contributed by atoms with Gasteiger partial charge in [0, 0.05) is 28.2 Å². The average Bonchev–Trinajstić information content (AvgIpc) is 3.61. The van der Waals surface area contributed by atoms with Gasteiger partial charge in [-0.05, 0) is 91.4 Å². The van der Waals surface area contributed by atoms with Crippen molar-refractivity contribution in [1.29, 1.82) is 0 Å². The van der Waals surface area contributed by atoms with E-state index in [1.165, 1.54) is 22.3 Å². The van der Waals surface area contributed by atoms with E-state index in [2.05, 4.69) is 179 Å². The fourth-order valence-electron chi connectivity index (χ4n) is 8.63. The Labute approximate surface area is 333 Å². The monoisotopic (exact) mass is 738 g/mol. The number of aliphatic imine (C=N–C) groups is 3. The van der Waals surface area contributed by atoms with Gasteiger partial charge >= 0.3 is 0 Å². The van der Waals surface area contributed by atoms with Gasteiger partial charge in [0.1, 0.15) is 0 Å². The molecular weight excluding hydrogens is 697 g/mol. The Balaban J connectivity index is 1.22. The van der Waals surface area contributed by atoms with Crippen molar-refractivity contribution >= 4 is 52.7 Å². The summed E-state index contributed by atoms with van der Waals surface area (Å²) in [6.45, 7) is 4.49. The molecular formula is C51H42N6. The number of aryl methyl sites for hydroxylation is 1. The third-order valence-corrected chi connectivity index (χ3v) is 11.4. The van der Waals surface area contributed by atoms with Crippen molar-refractivity contribution in [2.24, 2.45) is 15.0 Å². The molecule has 0 radical (unpaired) electrons. The predicted molar refractivity (Wildman–Crippen MR) is 237 cm³/mol. The summed E-state index contributed by atoms with van der Waals surface area (Å²) in [6, 6.07) is 40.7. The molecule has 0 saturated carbocycles. The van der Waals surface area contributed by atoms with Crippen LogP contribution >= 0.6 is 0 Å². The Morgan fingerprint density at radius 1 is 0.754 bits per heavy atom. The number of hydrogen-bond acceptors (Lipinski definition) is 3. The highest BCUT2D eigenvalue weighted by molar-refractivity contribution is 6.16. The zero-order valence-electron chi connectivity index (χ0n) is 31.8. The fourth-order valence-corrected chi connectivity index (χ4v) is 8.63. The molecule has 6 nitrogen and oxygen atoms in total. The van der Waals surface area contributed by atoms with Crippen molar-refractivity contribution in [2.75, 3.05) is 4.90 Å². The number of rotatable bonds is 6. The standard InChI is InChI=1S/C51H42N6/c1-52-49(39-30-28-37(29-31-39)36-18-6-3-7-19-36)55-50(53-34-35-16-4-2-5-17-35)43-33-32-38-20-8-9-21-40(38)48(43)57-46-26-14-11-23-42(46)41-22-10-13-25-45(41)56-47-27-15-12-24-44(47)54-51(56)57/h2-7,9-10,12-18,21-22,24-33,36H,1,8,11,19-20,23,34H2. The van der Waals surface area contributed by atoms with Crippen molar-refractivity contribution in [1.82, 2.24) is 9.55 Å². The van der Waals surface area contributed by atoms with E-state index in [9.17, 15) is 0 Å². The number of nitrogens with zero attached hydrogens (tertiary/aromatic N) is 6. The van der Waals surface area contributed by atoms with Gasteiger partial charge in [-0.3, -0.25) is 14.5 Å². The van der Waals surface area contributed by atoms with Gasteiger partial charge in [0.05, 0.1) is 34.6 Å². The van der Waals surface area contributed by atoms with Crippen LogP contribution in [0.15, 0.2) is 178 Å². The molecule has 4 aliphatic rings. The zero-order chi connectivity index (χ0) is 38.1. The molecule has 1 atom stereocenters. The molecule has 57 heavy (non-hydrogen) atoms. The van der Waals surface area contributed by atoms with Crippen LogP contribution in [-0.4, -0.2) is 27.9 Å². The molecule has 0 spiro atoms. The van der Waals surface area contributed by atoms with Crippen LogP contribution in [0.5, 0.6) is 0 Å². The van der Waals surface area contributed by atoms with Crippen molar-refractivity contribution in [3.8, 4) is 5.69 Å². The third kappa shape index (κ3) is 6.33. The van der Waals surface area contributed by atoms with Crippen LogP contribution in [0.2, 0.25) is 0 Å². The van der Waals surface area contributed by atoms with Gasteiger partial charge in [0.2, 0.25) is 5.95 Å². The first-order valence-corrected chi connectivity index (χ1v) is 19.9. The summed E-state index contributed by atoms with van der Waals surface area (Å²) in [5.41, 5.74) is 14.4. The maximum Gasteiger partial charge on any atom is 0.220 e. The Morgan fingerprint density at radius 3 is 2.42 bits per heavy atom. The Morgan fingerprint density at radius 2 is 1.56 bits per heavy atom. The summed E-state index contributed by atoms with van der Waals surface area (Å²) in [5.74, 6) is 2.31. The molecule has 1 aromatic heterocycles. The summed E-state index contributed by atoms with van der Waals surface area (Å²) >= 11 is 0. The number of amidine groups is 2. The first-order valence-electron chi connectivity index (χ1n) is 19.9. The number of para-hydroxylation sites is 3. The average molecular weight is 739 g/mol. The molecule has 0 saturated heterocycles. The summed E-state index contributed by atoms with van der Waals surface area (Å²) < 4.78 is 2.34. The number of fused-ring (bicyclic) bond motifs is 7. The highest BCUT2D eigenvalue weighted by Crippen LogP contribution is 2.48. The SMILES string of the molecule is C=NC(=NC(=NCc1ccccc1)c1ccc2c(c1N1C3=C(CCC=C3)c3ccccc3-n3c1nc1ccccc13)C=CCC2)c1ccc(C2C=CC=CC2)cc1. The molecule has 1 aliphatic heterocycles. The second-order valence-corrected chi connectivity index (χ2v) is 14.9. The molecule has 0 bridgehead atoms. The number of hydrogen-bond donors (Lipinski definition) is 0. The lowest BCUT2D eigenvalue weighted by atomic mass is 9.90. The normalized spacial score (nSPS) is 17.3. The Bertz CT molecular complexity index is 2750. The van der Waals surface area contributed by atoms with Crippen LogP contribution in [-0.2, 0) is 13.0 Å². The number of imidazole rings is 1. The van der Waals surface area contributed by atoms with Crippen molar-refractivity contribution < 1.29 is 0 Å². The second-order valence-electron chi connectivity index (χ2n) is 14.9. The largest absolute Gasteiger partial charge is 0.279 e. The molecule has 10 rings (SSSR count). The number of anilines is 2. The van der Waals surface area contributed by atoms with E-state index in [0.29, 0.717) is 24.1 Å². The topological polar surface area (TPSA) is 58.1 Å². The minimum atomic E-state index is 0.354. The van der Waals surface area contributed by atoms with E-state index in [4.69, 9.17) is 15.0 Å². The lowest BCUT2D eigenvalue weighted by Crippen LogP contribution is -2.24. The van der Waals surface area contributed by atoms with Crippen molar-refractivity contribution in [3.05, 3.63) is 202 Å². The van der Waals surface area contributed by atoms with Gasteiger partial charge in [-0.1, -0.05) is 134 Å². The maximum absolute atomic E-state index is 5.46. The van der Waals surface area contributed by atoms with E-state index in [1.807, 2.05) is 6.07 Å². The van der Waals surface area contributed by atoms with E-state index >= 15 is 0 Å². The fraction of sp³-hybridized carbons (Fsp3) is 0.137. The molecule has 1 unspecified atom stereocenters. The molecule has 0 amide bonds. The summed E-state index contributed by atoms with van der Waals surface area (Å²) in [7, 11) is 0. The van der Waals surface area contributed by atoms with Crippen LogP contribution in [0.1, 0.15) is 70.5 Å². The van der Waals surface area contributed by atoms with Crippen LogP contribution in [0.4, 0.5) is 11.6 Å². The van der Waals surface area contributed by atoms with Crippen LogP contribution in [0.3, 0.4) is 0 Å². The maximum atomic E-state index is 5.46. The number of allylic oxidation sites excluding steroid dienone is 8. The van der Waals surface area contributed by atoms with Crippen LogP contribution in [0.25, 0.3) is 28.4 Å². The molecule has 276 valence electrons. The highest BCUT2D eigenvalue weighted by atomic mass is 15.3. The molecule has 2 heterocycles. The molecule has 5 aromatic carbocycles. The van der Waals surface area contributed by atoms with E-state index in [-0.39, 0.29) is 0 Å². The smallest absolute Gasteiger partial charge is 0.220 e. The van der Waals surface area contributed by atoms with E-state index < -0.39 is 0 Å². The van der Waals surface area contributed by atoms with Crippen molar-refractivity contribution in [3.63, 3.8) is 0 Å². The summed E-state index contributed by atoms with van der Waals surface area (Å²) in [4.78, 5) is 23.1. The van der Waals surface area contributed by atoms with Crippen molar-refractivity contribution in [2.45, 2.75) is 44.6 Å². The number of aromatic nitrogens is 2. The van der Waals surface area contributed by atoms with E-state index in [1.54, 1.807) is 0 Å². The molecule has 0 N–H and O–H groups in total. The summed E-state index contributed by atoms with van der Waals surface area (Å²) in [6.07, 6.45) is 22.7. The third-order valence-electron chi connectivity index (χ3n) is 11.4. The zero-order valence-corrected chi connectivity index (χ0v) is 31.8. The van der Waals surface area contributed by atoms with Gasteiger partial charge in [-0.2, -0.15) is 0 Å². The predicted octanol–water partition coefficient (Wildman–Crippen LogP) is 11.9. The van der Waals surface area contributed by atoms with Crippen LogP contribution < -0.4 is 4.90 Å². The number of benzene rings is 5. The van der Waals surface area contributed by atoms with E-state index in [0.717, 1.165) is 88.4 Å². The first kappa shape index (κ1) is 34.6. The lowest BCUT2D eigenvalue weighted by molar-refractivity contribution is 0.854. The summed E-state index contributed by atoms with van der Waals surface area (Å²) in [5, 5.41) is 0. The Kier molecular flexibility index (Phi) is 9.07. The van der Waals surface area contributed by atoms with Gasteiger partial charge in [0.25, 0.3) is 0 Å². The first-order chi connectivity index (χ1) is 28.2. The van der Waals surface area contributed by atoms with Gasteiger partial charge in [0.15, 0.2) is 11.7 Å². The minimum absolute atomic E-state index is 0.354. The lowest BCUT2D eigenvalue weighted by Gasteiger charge is -2.32. The molecule has 0 fully saturated rings. The molecule has 6 aromatic rings. The second kappa shape index (κ2) is 15.0. The van der Waals surface area contributed by atoms with Crippen LogP contribution in [0, 0.1) is 0 Å². The van der Waals surface area contributed by atoms with Gasteiger partial charge in [-0.25, -0.2) is 15.0 Å². The van der Waals surface area contributed by atoms with Gasteiger partial charge in [-0.15, -0.1) is 0 Å². The van der Waals surface area contributed by atoms with Gasteiger partial charge < -0.3 is 0 Å². The Hall–Kier alpha value is -6.92. The minimum Gasteiger partial charge on any atom is -0.279 e. The quantitative estimate of drug-likeness (QED) is 0.126. The highest BCUT2D eigenvalue weighted by Gasteiger charge is 2.34. The molecule has 6 heteroatoms.